The maximum atomic E-state index is 13.4. The first-order chi connectivity index (χ1) is 15.5. The van der Waals surface area contributed by atoms with Gasteiger partial charge in [0, 0.05) is 37.4 Å². The minimum Gasteiger partial charge on any atom is -0.347 e. The van der Waals surface area contributed by atoms with E-state index in [0.29, 0.717) is 31.2 Å². The maximum Gasteiger partial charge on any atom is 0.257 e. The number of amides is 1. The van der Waals surface area contributed by atoms with Crippen LogP contribution >= 0.6 is 11.6 Å². The molecule has 0 radical (unpaired) electrons. The number of carbonyl (C=O) groups excluding carboxylic acids is 1. The molecule has 6 nitrogen and oxygen atoms in total. The molecular weight excluding hydrogens is 426 g/mol. The first-order valence-corrected chi connectivity index (χ1v) is 11.6. The van der Waals surface area contributed by atoms with Crippen LogP contribution in [0, 0.1) is 6.92 Å². The Bertz CT molecular complexity index is 1010. The van der Waals surface area contributed by atoms with Crippen LogP contribution in [0.1, 0.15) is 42.0 Å². The number of hydrogen-bond acceptors (Lipinski definition) is 5. The average Bonchev–Trinajstić information content (AvgIpc) is 3.44. The molecule has 32 heavy (non-hydrogen) atoms. The molecule has 1 spiro atoms. The third-order valence-electron chi connectivity index (χ3n) is 6.61. The lowest BCUT2D eigenvalue weighted by molar-refractivity contribution is -0.186. The van der Waals surface area contributed by atoms with E-state index in [1.807, 2.05) is 24.3 Å². The van der Waals surface area contributed by atoms with Crippen LogP contribution in [0.3, 0.4) is 0 Å². The first-order valence-electron chi connectivity index (χ1n) is 11.2. The number of halogens is 1. The highest BCUT2D eigenvalue weighted by Gasteiger charge is 2.41. The van der Waals surface area contributed by atoms with Gasteiger partial charge in [-0.05, 0) is 24.1 Å². The molecular formula is C25H28ClN3O3. The molecule has 2 aromatic carbocycles. The minimum absolute atomic E-state index is 0.0127. The fourth-order valence-corrected chi connectivity index (χ4v) is 5.01. The van der Waals surface area contributed by atoms with Crippen LogP contribution in [-0.4, -0.2) is 60.2 Å². The van der Waals surface area contributed by atoms with Crippen LogP contribution in [0.4, 0.5) is 0 Å². The number of carbonyl (C=O) groups is 1. The van der Waals surface area contributed by atoms with Gasteiger partial charge in [-0.15, -0.1) is 0 Å². The van der Waals surface area contributed by atoms with E-state index >= 15 is 0 Å². The summed E-state index contributed by atoms with van der Waals surface area (Å²) in [7, 11) is 0. The van der Waals surface area contributed by atoms with Crippen molar-refractivity contribution >= 4 is 23.2 Å². The molecule has 5 rings (SSSR count). The first kappa shape index (κ1) is 21.6. The molecule has 2 saturated heterocycles. The van der Waals surface area contributed by atoms with Crippen molar-refractivity contribution in [2.45, 2.75) is 38.0 Å². The minimum atomic E-state index is -0.440. The van der Waals surface area contributed by atoms with E-state index in [9.17, 15) is 4.79 Å². The lowest BCUT2D eigenvalue weighted by atomic mass is 9.98. The normalized spacial score (nSPS) is 23.0. The Morgan fingerprint density at radius 2 is 1.78 bits per heavy atom. The van der Waals surface area contributed by atoms with Gasteiger partial charge in [-0.2, -0.15) is 5.10 Å². The van der Waals surface area contributed by atoms with Gasteiger partial charge in [0.2, 0.25) is 0 Å². The highest BCUT2D eigenvalue weighted by molar-refractivity contribution is 6.31. The monoisotopic (exact) mass is 453 g/mol. The number of likely N-dealkylation sites (tertiary alicyclic amines) is 1. The third kappa shape index (κ3) is 4.33. The lowest BCUT2D eigenvalue weighted by Crippen LogP contribution is -2.48. The summed E-state index contributed by atoms with van der Waals surface area (Å²) in [5.41, 5.74) is 4.08. The molecule has 2 aromatic rings. The van der Waals surface area contributed by atoms with E-state index in [2.05, 4.69) is 36.1 Å². The topological polar surface area (TPSA) is 54.4 Å². The summed E-state index contributed by atoms with van der Waals surface area (Å²) >= 11 is 6.52. The van der Waals surface area contributed by atoms with Gasteiger partial charge in [-0.3, -0.25) is 9.69 Å². The zero-order chi connectivity index (χ0) is 22.1. The van der Waals surface area contributed by atoms with Crippen LogP contribution in [0.25, 0.3) is 0 Å². The molecule has 3 aliphatic rings. The summed E-state index contributed by atoms with van der Waals surface area (Å²) in [6.45, 7) is 5.23. The molecule has 0 N–H and O–H groups in total. The number of aryl methyl sites for hydroxylation is 1. The van der Waals surface area contributed by atoms with Gasteiger partial charge in [-0.25, -0.2) is 5.01 Å². The largest absolute Gasteiger partial charge is 0.347 e. The van der Waals surface area contributed by atoms with Crippen LogP contribution in [0.5, 0.6) is 0 Å². The van der Waals surface area contributed by atoms with Gasteiger partial charge in [0.15, 0.2) is 5.79 Å². The average molecular weight is 454 g/mol. The molecule has 0 saturated carbocycles. The summed E-state index contributed by atoms with van der Waals surface area (Å²) in [6, 6.07) is 15.8. The van der Waals surface area contributed by atoms with Crippen molar-refractivity contribution < 1.29 is 14.3 Å². The van der Waals surface area contributed by atoms with Crippen LogP contribution in [0.2, 0.25) is 5.02 Å². The lowest BCUT2D eigenvalue weighted by Gasteiger charge is -2.37. The SMILES string of the molecule is Cc1ccc(C2=NN(C(=O)CN3CCC4(CC3)OCCO4)[C@H](c3ccccc3Cl)C2)cc1. The van der Waals surface area contributed by atoms with Gasteiger partial charge in [0.25, 0.3) is 5.91 Å². The Morgan fingerprint density at radius 1 is 1.09 bits per heavy atom. The van der Waals surface area contributed by atoms with E-state index < -0.39 is 5.79 Å². The standard InChI is InChI=1S/C25H28ClN3O3/c1-18-6-8-19(9-7-18)22-16-23(20-4-2-3-5-21(20)26)29(27-22)24(30)17-28-12-10-25(11-13-28)31-14-15-32-25/h2-9,23H,10-17H2,1H3/t23-/m0/s1. The summed E-state index contributed by atoms with van der Waals surface area (Å²) in [5.74, 6) is -0.453. The van der Waals surface area contributed by atoms with E-state index in [1.165, 1.54) is 5.56 Å². The Hall–Kier alpha value is -2.25. The van der Waals surface area contributed by atoms with Crippen molar-refractivity contribution in [2.75, 3.05) is 32.8 Å². The van der Waals surface area contributed by atoms with Gasteiger partial charge in [0.05, 0.1) is 31.5 Å². The second-order valence-corrected chi connectivity index (χ2v) is 9.18. The quantitative estimate of drug-likeness (QED) is 0.697. The molecule has 0 aromatic heterocycles. The fourth-order valence-electron chi connectivity index (χ4n) is 4.75. The predicted octanol–water partition coefficient (Wildman–Crippen LogP) is 4.17. The maximum absolute atomic E-state index is 13.4. The predicted molar refractivity (Wildman–Crippen MR) is 124 cm³/mol. The van der Waals surface area contributed by atoms with Crippen LogP contribution in [0.15, 0.2) is 53.6 Å². The molecule has 168 valence electrons. The molecule has 0 unspecified atom stereocenters. The highest BCUT2D eigenvalue weighted by Crippen LogP contribution is 2.37. The molecule has 3 aliphatic heterocycles. The highest BCUT2D eigenvalue weighted by atomic mass is 35.5. The number of ether oxygens (including phenoxy) is 2. The molecule has 3 heterocycles. The van der Waals surface area contributed by atoms with Crippen molar-refractivity contribution in [3.8, 4) is 0 Å². The number of nitrogens with zero attached hydrogens (tertiary/aromatic N) is 3. The van der Waals surface area contributed by atoms with E-state index in [1.54, 1.807) is 5.01 Å². The molecule has 7 heteroatoms. The Balaban J connectivity index is 1.35. The molecule has 1 amide bonds. The van der Waals surface area contributed by atoms with Crippen molar-refractivity contribution in [3.05, 3.63) is 70.2 Å². The fraction of sp³-hybridized carbons (Fsp3) is 0.440. The summed E-state index contributed by atoms with van der Waals surface area (Å²) < 4.78 is 11.6. The van der Waals surface area contributed by atoms with Gasteiger partial charge >= 0.3 is 0 Å². The van der Waals surface area contributed by atoms with E-state index in [0.717, 1.165) is 42.8 Å². The third-order valence-corrected chi connectivity index (χ3v) is 6.95. The molecule has 0 bridgehead atoms. The number of hydrogen-bond donors (Lipinski definition) is 0. The number of piperidine rings is 1. The zero-order valence-electron chi connectivity index (χ0n) is 18.3. The van der Waals surface area contributed by atoms with E-state index in [4.69, 9.17) is 26.2 Å². The second-order valence-electron chi connectivity index (χ2n) is 8.78. The van der Waals surface area contributed by atoms with Crippen LogP contribution < -0.4 is 0 Å². The van der Waals surface area contributed by atoms with Crippen molar-refractivity contribution in [3.63, 3.8) is 0 Å². The Labute approximate surface area is 193 Å². The number of hydrazone groups is 1. The Kier molecular flexibility index (Phi) is 6.03. The smallest absolute Gasteiger partial charge is 0.257 e. The van der Waals surface area contributed by atoms with Gasteiger partial charge in [0.1, 0.15) is 0 Å². The van der Waals surface area contributed by atoms with E-state index in [-0.39, 0.29) is 11.9 Å². The zero-order valence-corrected chi connectivity index (χ0v) is 19.1. The molecule has 2 fully saturated rings. The summed E-state index contributed by atoms with van der Waals surface area (Å²) in [4.78, 5) is 15.6. The van der Waals surface area contributed by atoms with Gasteiger partial charge in [-0.1, -0.05) is 59.6 Å². The van der Waals surface area contributed by atoms with Crippen molar-refractivity contribution in [1.29, 1.82) is 0 Å². The number of rotatable bonds is 4. The summed E-state index contributed by atoms with van der Waals surface area (Å²) in [6.07, 6.45) is 2.21. The number of benzene rings is 2. The second kappa shape index (κ2) is 8.94. The molecule has 1 atom stereocenters. The molecule has 0 aliphatic carbocycles. The van der Waals surface area contributed by atoms with Crippen LogP contribution in [-0.2, 0) is 14.3 Å². The van der Waals surface area contributed by atoms with Gasteiger partial charge < -0.3 is 9.47 Å². The van der Waals surface area contributed by atoms with Crippen molar-refractivity contribution in [1.82, 2.24) is 9.91 Å². The van der Waals surface area contributed by atoms with Crippen molar-refractivity contribution in [2.24, 2.45) is 5.10 Å². The Morgan fingerprint density at radius 3 is 2.47 bits per heavy atom. The summed E-state index contributed by atoms with van der Waals surface area (Å²) in [5, 5.41) is 7.09.